The van der Waals surface area contributed by atoms with E-state index in [0.29, 0.717) is 18.2 Å². The summed E-state index contributed by atoms with van der Waals surface area (Å²) in [5.41, 5.74) is 13.1. The van der Waals surface area contributed by atoms with Gasteiger partial charge in [0, 0.05) is 61.7 Å². The molecule has 4 N–H and O–H groups in total. The highest BCUT2D eigenvalue weighted by molar-refractivity contribution is 7.91. The number of sulfone groups is 1. The maximum atomic E-state index is 12.2. The van der Waals surface area contributed by atoms with Crippen molar-refractivity contribution in [2.75, 3.05) is 43.2 Å². The van der Waals surface area contributed by atoms with Crippen molar-refractivity contribution in [1.82, 2.24) is 14.6 Å². The summed E-state index contributed by atoms with van der Waals surface area (Å²) in [6, 6.07) is 16.0. The van der Waals surface area contributed by atoms with Gasteiger partial charge in [0.25, 0.3) is 0 Å². The number of aryl methyl sites for hydroxylation is 1. The van der Waals surface area contributed by atoms with E-state index in [0.717, 1.165) is 78.4 Å². The van der Waals surface area contributed by atoms with Crippen molar-refractivity contribution in [3.63, 3.8) is 0 Å². The summed E-state index contributed by atoms with van der Waals surface area (Å²) in [5.74, 6) is 7.88. The first-order chi connectivity index (χ1) is 21.9. The molecular formula is C36H52N6O3S. The number of rotatable bonds is 8. The van der Waals surface area contributed by atoms with E-state index in [9.17, 15) is 8.42 Å². The molecule has 46 heavy (non-hydrogen) atoms. The molecule has 2 aliphatic rings. The number of benzene rings is 1. The number of fused-ring (bicyclic) bond motifs is 1. The molecule has 2 saturated heterocycles. The quantitative estimate of drug-likeness (QED) is 0.178. The van der Waals surface area contributed by atoms with Gasteiger partial charge in [-0.25, -0.2) is 19.2 Å². The lowest BCUT2D eigenvalue weighted by molar-refractivity contribution is 0.0615. The van der Waals surface area contributed by atoms with E-state index in [1.54, 1.807) is 5.01 Å². The number of nitrogens with zero attached hydrogens (tertiary/aromatic N) is 4. The SMILES string of the molecule is CC/C(C)=C/C(=C\c1c(C)c2ccc(N3CCS(=O)(=O)CC3C)nc2n1CC1CCOCC1)C(=C(\C)N)/N(C)N.c1ccccc1. The maximum Gasteiger partial charge on any atom is 0.154 e. The summed E-state index contributed by atoms with van der Waals surface area (Å²) >= 11 is 0. The van der Waals surface area contributed by atoms with Crippen LogP contribution < -0.4 is 16.5 Å². The summed E-state index contributed by atoms with van der Waals surface area (Å²) in [6.07, 6.45) is 7.28. The number of pyridine rings is 1. The summed E-state index contributed by atoms with van der Waals surface area (Å²) in [4.78, 5) is 7.31. The average Bonchev–Trinajstić information content (AvgIpc) is 3.27. The number of allylic oxidation sites excluding steroid dienone is 3. The average molecular weight is 649 g/mol. The molecule has 1 unspecified atom stereocenters. The second-order valence-corrected chi connectivity index (χ2v) is 14.8. The van der Waals surface area contributed by atoms with Crippen LogP contribution in [0.5, 0.6) is 0 Å². The molecule has 0 radical (unpaired) electrons. The van der Waals surface area contributed by atoms with Crippen LogP contribution in [-0.4, -0.2) is 67.3 Å². The zero-order valence-corrected chi connectivity index (χ0v) is 29.2. The highest BCUT2D eigenvalue weighted by Crippen LogP contribution is 2.33. The van der Waals surface area contributed by atoms with Gasteiger partial charge < -0.3 is 24.9 Å². The number of aromatic nitrogens is 2. The molecular weight excluding hydrogens is 597 g/mol. The lowest BCUT2D eigenvalue weighted by atomic mass is 10.00. The largest absolute Gasteiger partial charge is 0.401 e. The third-order valence-corrected chi connectivity index (χ3v) is 10.7. The molecule has 4 heterocycles. The maximum absolute atomic E-state index is 12.2. The molecule has 10 heteroatoms. The number of likely N-dealkylation sites (N-methyl/N-ethyl adjacent to an activating group) is 1. The second kappa shape index (κ2) is 15.8. The van der Waals surface area contributed by atoms with Gasteiger partial charge in [-0.15, -0.1) is 0 Å². The minimum atomic E-state index is -3.02. The molecule has 9 nitrogen and oxygen atoms in total. The van der Waals surface area contributed by atoms with Crippen LogP contribution in [0.25, 0.3) is 17.1 Å². The van der Waals surface area contributed by atoms with Crippen molar-refractivity contribution in [2.45, 2.75) is 66.5 Å². The molecule has 3 aromatic rings. The lowest BCUT2D eigenvalue weighted by Gasteiger charge is -2.34. The van der Waals surface area contributed by atoms with Crippen molar-refractivity contribution in [1.29, 1.82) is 0 Å². The monoisotopic (exact) mass is 648 g/mol. The van der Waals surface area contributed by atoms with Crippen molar-refractivity contribution >= 4 is 32.8 Å². The smallest absolute Gasteiger partial charge is 0.154 e. The molecule has 1 atom stereocenters. The van der Waals surface area contributed by atoms with Gasteiger partial charge in [-0.05, 0) is 76.6 Å². The number of hydrogen-bond acceptors (Lipinski definition) is 8. The van der Waals surface area contributed by atoms with Gasteiger partial charge in [0.05, 0.1) is 17.2 Å². The molecule has 0 saturated carbocycles. The molecule has 250 valence electrons. The van der Waals surface area contributed by atoms with E-state index < -0.39 is 9.84 Å². The van der Waals surface area contributed by atoms with E-state index in [2.05, 4.69) is 48.5 Å². The lowest BCUT2D eigenvalue weighted by Crippen LogP contribution is -2.47. The predicted molar refractivity (Wildman–Crippen MR) is 191 cm³/mol. The van der Waals surface area contributed by atoms with Crippen molar-refractivity contribution in [2.24, 2.45) is 17.5 Å². The van der Waals surface area contributed by atoms with Gasteiger partial charge in [0.1, 0.15) is 11.5 Å². The third-order valence-electron chi connectivity index (χ3n) is 8.86. The van der Waals surface area contributed by atoms with Gasteiger partial charge in [-0.2, -0.15) is 0 Å². The fraction of sp³-hybridized carbons (Fsp3) is 0.472. The Morgan fingerprint density at radius 2 is 1.74 bits per heavy atom. The Bertz CT molecular complexity index is 1640. The molecule has 2 fully saturated rings. The Labute approximate surface area is 275 Å². The van der Waals surface area contributed by atoms with Gasteiger partial charge in [0.2, 0.25) is 0 Å². The topological polar surface area (TPSA) is 120 Å². The molecule has 0 spiro atoms. The number of ether oxygens (including phenoxy) is 1. The van der Waals surface area contributed by atoms with Crippen molar-refractivity contribution < 1.29 is 13.2 Å². The Morgan fingerprint density at radius 3 is 2.28 bits per heavy atom. The predicted octanol–water partition coefficient (Wildman–Crippen LogP) is 5.82. The van der Waals surface area contributed by atoms with Crippen LogP contribution in [0.4, 0.5) is 5.82 Å². The standard InChI is InChI=1S/C30H46N6O3S.C6H6/c1-7-20(2)16-25(29(23(5)31)34(6)32)17-27-22(4)26-8-9-28(35-12-15-40(37,38)19-21(35)3)33-30(26)36(27)18-24-10-13-39-14-11-24;1-2-4-6-5-3-1/h8-9,16-17,21,24H,7,10-15,18-19,31-32H2,1-6H3;1-6H/b20-16+,25-17+,29-23-;. The minimum absolute atomic E-state index is 0.128. The van der Waals surface area contributed by atoms with Crippen LogP contribution in [0.3, 0.4) is 0 Å². The van der Waals surface area contributed by atoms with Crippen LogP contribution in [0, 0.1) is 12.8 Å². The Morgan fingerprint density at radius 1 is 1.11 bits per heavy atom. The van der Waals surface area contributed by atoms with Gasteiger partial charge in [-0.3, -0.25) is 0 Å². The molecule has 2 aromatic heterocycles. The number of anilines is 1. The number of hydrogen-bond donors (Lipinski definition) is 2. The third kappa shape index (κ3) is 8.80. The molecule has 0 aliphatic carbocycles. The highest BCUT2D eigenvalue weighted by atomic mass is 32.2. The molecule has 5 rings (SSSR count). The fourth-order valence-electron chi connectivity index (χ4n) is 6.24. The Kier molecular flexibility index (Phi) is 12.1. The minimum Gasteiger partial charge on any atom is -0.401 e. The van der Waals surface area contributed by atoms with Crippen molar-refractivity contribution in [3.8, 4) is 0 Å². The van der Waals surface area contributed by atoms with Gasteiger partial charge in [0.15, 0.2) is 9.84 Å². The van der Waals surface area contributed by atoms with Crippen LogP contribution in [0.2, 0.25) is 0 Å². The Hall–Kier alpha value is -3.60. The van der Waals surface area contributed by atoms with Gasteiger partial charge in [-0.1, -0.05) is 55.0 Å². The van der Waals surface area contributed by atoms with E-state index in [1.165, 1.54) is 5.57 Å². The first kappa shape index (κ1) is 35.3. The summed E-state index contributed by atoms with van der Waals surface area (Å²) < 4.78 is 32.4. The van der Waals surface area contributed by atoms with Crippen LogP contribution in [0.15, 0.2) is 77.1 Å². The molecule has 1 aromatic carbocycles. The van der Waals surface area contributed by atoms with Crippen LogP contribution in [0.1, 0.15) is 58.2 Å². The normalized spacial score (nSPS) is 19.8. The molecule has 0 bridgehead atoms. The Balaban J connectivity index is 0.000000717. The zero-order chi connectivity index (χ0) is 33.4. The molecule has 0 amide bonds. The van der Waals surface area contributed by atoms with Crippen LogP contribution >= 0.6 is 0 Å². The van der Waals surface area contributed by atoms with E-state index >= 15 is 0 Å². The number of nitrogens with two attached hydrogens (primary N) is 2. The number of hydrazine groups is 1. The highest BCUT2D eigenvalue weighted by Gasteiger charge is 2.30. The fourth-order valence-corrected chi connectivity index (χ4v) is 7.79. The van der Waals surface area contributed by atoms with E-state index in [-0.39, 0.29) is 17.5 Å². The first-order valence-electron chi connectivity index (χ1n) is 16.3. The summed E-state index contributed by atoms with van der Waals surface area (Å²) in [5, 5.41) is 2.68. The van der Waals surface area contributed by atoms with E-state index in [1.807, 2.05) is 63.4 Å². The van der Waals surface area contributed by atoms with Crippen LogP contribution in [-0.2, 0) is 21.1 Å². The summed E-state index contributed by atoms with van der Waals surface area (Å²) in [6.45, 7) is 13.1. The van der Waals surface area contributed by atoms with Crippen molar-refractivity contribution in [3.05, 3.63) is 88.4 Å². The van der Waals surface area contributed by atoms with E-state index in [4.69, 9.17) is 21.3 Å². The van der Waals surface area contributed by atoms with Gasteiger partial charge >= 0.3 is 0 Å². The summed E-state index contributed by atoms with van der Waals surface area (Å²) in [7, 11) is -1.21. The second-order valence-electron chi connectivity index (χ2n) is 12.6. The first-order valence-corrected chi connectivity index (χ1v) is 18.1. The zero-order valence-electron chi connectivity index (χ0n) is 28.4. The molecule has 2 aliphatic heterocycles.